The molecule has 0 N–H and O–H groups in total. The molecule has 1 saturated carbocycles. The van der Waals surface area contributed by atoms with Gasteiger partial charge in [0.2, 0.25) is 0 Å². The summed E-state index contributed by atoms with van der Waals surface area (Å²) in [5.41, 5.74) is 1.05. The number of rotatable bonds is 7. The lowest BCUT2D eigenvalue weighted by molar-refractivity contribution is 0.263. The molecule has 116 valence electrons. The van der Waals surface area contributed by atoms with Crippen LogP contribution in [0.1, 0.15) is 37.9 Å². The Hall–Kier alpha value is -1.88. The first-order valence-electron chi connectivity index (χ1n) is 8.13. The van der Waals surface area contributed by atoms with Gasteiger partial charge in [0.15, 0.2) is 5.82 Å². The van der Waals surface area contributed by atoms with Gasteiger partial charge in [0, 0.05) is 18.0 Å². The lowest BCUT2D eigenvalue weighted by Crippen LogP contribution is -2.04. The molecule has 0 bridgehead atoms. The predicted molar refractivity (Wildman–Crippen MR) is 83.0 cm³/mol. The maximum absolute atomic E-state index is 5.67. The highest BCUT2D eigenvalue weighted by atomic mass is 16.6. The van der Waals surface area contributed by atoms with Crippen molar-refractivity contribution in [1.29, 1.82) is 0 Å². The van der Waals surface area contributed by atoms with Gasteiger partial charge in [0.25, 0.3) is 0 Å². The minimum absolute atomic E-state index is 0.284. The van der Waals surface area contributed by atoms with Gasteiger partial charge in [0.1, 0.15) is 24.3 Å². The number of ether oxygens (including phenoxy) is 2. The zero-order valence-corrected chi connectivity index (χ0v) is 12.9. The maximum Gasteiger partial charge on any atom is 0.181 e. The summed E-state index contributed by atoms with van der Waals surface area (Å²) in [5.74, 6) is 3.47. The van der Waals surface area contributed by atoms with E-state index in [1.807, 2.05) is 24.3 Å². The SMILES string of the molecule is CCCn1nc(-c2ccc(OCC3CO3)cc2)nc1C1CC1. The van der Waals surface area contributed by atoms with E-state index in [1.165, 1.54) is 12.8 Å². The highest BCUT2D eigenvalue weighted by Crippen LogP contribution is 2.39. The van der Waals surface area contributed by atoms with E-state index in [4.69, 9.17) is 19.6 Å². The molecule has 1 aliphatic carbocycles. The van der Waals surface area contributed by atoms with E-state index in [9.17, 15) is 0 Å². The number of benzene rings is 1. The summed E-state index contributed by atoms with van der Waals surface area (Å²) in [5, 5.41) is 4.69. The number of hydrogen-bond acceptors (Lipinski definition) is 4. The lowest BCUT2D eigenvalue weighted by Gasteiger charge is -2.04. The van der Waals surface area contributed by atoms with Gasteiger partial charge in [-0.15, -0.1) is 0 Å². The third-order valence-electron chi connectivity index (χ3n) is 4.03. The summed E-state index contributed by atoms with van der Waals surface area (Å²) in [7, 11) is 0. The van der Waals surface area contributed by atoms with E-state index in [0.29, 0.717) is 12.5 Å². The molecule has 1 aromatic heterocycles. The Morgan fingerprint density at radius 3 is 2.68 bits per heavy atom. The molecule has 2 aromatic rings. The van der Waals surface area contributed by atoms with Gasteiger partial charge in [-0.1, -0.05) is 6.92 Å². The Bertz CT molecular complexity index is 642. The van der Waals surface area contributed by atoms with Gasteiger partial charge < -0.3 is 9.47 Å². The summed E-state index contributed by atoms with van der Waals surface area (Å²) < 4.78 is 12.9. The molecule has 0 amide bonds. The van der Waals surface area contributed by atoms with Crippen LogP contribution in [0, 0.1) is 0 Å². The lowest BCUT2D eigenvalue weighted by atomic mass is 10.2. The first-order chi connectivity index (χ1) is 10.8. The smallest absolute Gasteiger partial charge is 0.181 e. The summed E-state index contributed by atoms with van der Waals surface area (Å²) >= 11 is 0. The summed E-state index contributed by atoms with van der Waals surface area (Å²) in [4.78, 5) is 4.77. The third kappa shape index (κ3) is 2.99. The van der Waals surface area contributed by atoms with E-state index >= 15 is 0 Å². The summed E-state index contributed by atoms with van der Waals surface area (Å²) in [6.07, 6.45) is 3.86. The molecule has 2 aliphatic rings. The molecule has 2 fully saturated rings. The van der Waals surface area contributed by atoms with Gasteiger partial charge in [-0.05, 0) is 43.5 Å². The van der Waals surface area contributed by atoms with Crippen LogP contribution >= 0.6 is 0 Å². The fourth-order valence-corrected chi connectivity index (χ4v) is 2.55. The van der Waals surface area contributed by atoms with Crippen molar-refractivity contribution in [3.63, 3.8) is 0 Å². The van der Waals surface area contributed by atoms with E-state index < -0.39 is 0 Å². The molecule has 1 aromatic carbocycles. The van der Waals surface area contributed by atoms with Gasteiger partial charge in [-0.2, -0.15) is 5.10 Å². The van der Waals surface area contributed by atoms with Crippen molar-refractivity contribution in [2.24, 2.45) is 0 Å². The van der Waals surface area contributed by atoms with Crippen LogP contribution in [0.4, 0.5) is 0 Å². The van der Waals surface area contributed by atoms with Crippen molar-refractivity contribution in [2.45, 2.75) is 44.8 Å². The van der Waals surface area contributed by atoms with Crippen molar-refractivity contribution >= 4 is 0 Å². The van der Waals surface area contributed by atoms with Crippen LogP contribution < -0.4 is 4.74 Å². The van der Waals surface area contributed by atoms with Crippen LogP contribution in [0.5, 0.6) is 5.75 Å². The molecule has 1 aliphatic heterocycles. The summed E-state index contributed by atoms with van der Waals surface area (Å²) in [6, 6.07) is 8.03. The van der Waals surface area contributed by atoms with E-state index in [2.05, 4.69) is 11.6 Å². The maximum atomic E-state index is 5.67. The monoisotopic (exact) mass is 299 g/mol. The predicted octanol–water partition coefficient (Wildman–Crippen LogP) is 3.01. The topological polar surface area (TPSA) is 52.5 Å². The molecule has 1 saturated heterocycles. The molecular weight excluding hydrogens is 278 g/mol. The van der Waals surface area contributed by atoms with Gasteiger partial charge in [-0.25, -0.2) is 9.67 Å². The number of nitrogens with zero attached hydrogens (tertiary/aromatic N) is 3. The first-order valence-corrected chi connectivity index (χ1v) is 8.13. The second-order valence-electron chi connectivity index (χ2n) is 6.08. The number of hydrogen-bond donors (Lipinski definition) is 0. The number of aryl methyl sites for hydroxylation is 1. The molecule has 5 nitrogen and oxygen atoms in total. The molecule has 4 rings (SSSR count). The molecule has 2 heterocycles. The van der Waals surface area contributed by atoms with Crippen LogP contribution in [0.3, 0.4) is 0 Å². The second kappa shape index (κ2) is 5.72. The zero-order chi connectivity index (χ0) is 14.9. The van der Waals surface area contributed by atoms with Gasteiger partial charge in [-0.3, -0.25) is 0 Å². The van der Waals surface area contributed by atoms with Crippen molar-refractivity contribution in [3.05, 3.63) is 30.1 Å². The van der Waals surface area contributed by atoms with Crippen molar-refractivity contribution in [3.8, 4) is 17.1 Å². The van der Waals surface area contributed by atoms with E-state index in [1.54, 1.807) is 0 Å². The fraction of sp³-hybridized carbons (Fsp3) is 0.529. The van der Waals surface area contributed by atoms with Crippen molar-refractivity contribution in [2.75, 3.05) is 13.2 Å². The quantitative estimate of drug-likeness (QED) is 0.737. The highest BCUT2D eigenvalue weighted by molar-refractivity contribution is 5.56. The van der Waals surface area contributed by atoms with Gasteiger partial charge in [0.05, 0.1) is 6.61 Å². The minimum atomic E-state index is 0.284. The molecule has 1 unspecified atom stereocenters. The van der Waals surface area contributed by atoms with E-state index in [0.717, 1.165) is 42.5 Å². The van der Waals surface area contributed by atoms with E-state index in [-0.39, 0.29) is 6.10 Å². The number of epoxide rings is 1. The Balaban J connectivity index is 1.51. The molecular formula is C17H21N3O2. The van der Waals surface area contributed by atoms with Crippen LogP contribution in [0.25, 0.3) is 11.4 Å². The Labute approximate surface area is 130 Å². The van der Waals surface area contributed by atoms with Crippen molar-refractivity contribution in [1.82, 2.24) is 14.8 Å². The van der Waals surface area contributed by atoms with Crippen LogP contribution in [-0.2, 0) is 11.3 Å². The standard InChI is InChI=1S/C17H21N3O2/c1-2-9-20-17(13-3-4-13)18-16(19-20)12-5-7-14(8-6-12)21-10-15-11-22-15/h5-8,13,15H,2-4,9-11H2,1H3. The Kier molecular flexibility index (Phi) is 3.58. The minimum Gasteiger partial charge on any atom is -0.491 e. The average molecular weight is 299 g/mol. The van der Waals surface area contributed by atoms with Crippen LogP contribution in [0.2, 0.25) is 0 Å². The van der Waals surface area contributed by atoms with Crippen LogP contribution in [-0.4, -0.2) is 34.1 Å². The molecule has 0 spiro atoms. The summed E-state index contributed by atoms with van der Waals surface area (Å²) in [6.45, 7) is 4.57. The molecule has 0 radical (unpaired) electrons. The largest absolute Gasteiger partial charge is 0.491 e. The zero-order valence-electron chi connectivity index (χ0n) is 12.9. The highest BCUT2D eigenvalue weighted by Gasteiger charge is 2.29. The fourth-order valence-electron chi connectivity index (χ4n) is 2.55. The van der Waals surface area contributed by atoms with Gasteiger partial charge >= 0.3 is 0 Å². The van der Waals surface area contributed by atoms with Crippen molar-refractivity contribution < 1.29 is 9.47 Å². The molecule has 22 heavy (non-hydrogen) atoms. The second-order valence-corrected chi connectivity index (χ2v) is 6.08. The normalized spacial score (nSPS) is 20.1. The Morgan fingerprint density at radius 1 is 1.27 bits per heavy atom. The molecule has 1 atom stereocenters. The average Bonchev–Trinajstić information content (AvgIpc) is 3.46. The van der Waals surface area contributed by atoms with Crippen LogP contribution in [0.15, 0.2) is 24.3 Å². The number of aromatic nitrogens is 3. The molecule has 5 heteroatoms. The first kappa shape index (κ1) is 13.8. The Morgan fingerprint density at radius 2 is 2.05 bits per heavy atom. The third-order valence-corrected chi connectivity index (χ3v) is 4.03.